The molecule has 1 saturated carbocycles. The zero-order chi connectivity index (χ0) is 55.7. The van der Waals surface area contributed by atoms with Crippen LogP contribution in [0, 0.1) is 22.6 Å². The second kappa shape index (κ2) is 25.7. The highest BCUT2D eigenvalue weighted by atomic mass is 19.1. The fraction of sp³-hybridized carbons (Fsp3) is 0.559. The highest BCUT2D eigenvalue weighted by Gasteiger charge is 2.46. The number of benzene rings is 2. The molecule has 2 bridgehead atoms. The van der Waals surface area contributed by atoms with E-state index in [2.05, 4.69) is 42.5 Å². The van der Waals surface area contributed by atoms with Crippen LogP contribution in [0.2, 0.25) is 0 Å². The third kappa shape index (κ3) is 13.5. The van der Waals surface area contributed by atoms with Crippen molar-refractivity contribution in [3.8, 4) is 17.2 Å². The molecule has 3 aliphatic heterocycles. The van der Waals surface area contributed by atoms with Gasteiger partial charge in [-0.15, -0.1) is 0 Å². The van der Waals surface area contributed by atoms with Gasteiger partial charge >= 0.3 is 0 Å². The summed E-state index contributed by atoms with van der Waals surface area (Å²) in [6.07, 6.45) is 11.8. The number of anilines is 2. The molecule has 2 saturated heterocycles. The molecule has 4 aromatic rings. The normalized spacial score (nSPS) is 19.3. The third-order valence-electron chi connectivity index (χ3n) is 16.0. The predicted molar refractivity (Wildman–Crippen MR) is 298 cm³/mol. The Morgan fingerprint density at radius 3 is 2.40 bits per heavy atom. The molecule has 1 aliphatic carbocycles. The highest BCUT2D eigenvalue weighted by molar-refractivity contribution is 5.97. The molecule has 6 atom stereocenters. The van der Waals surface area contributed by atoms with Crippen LogP contribution in [-0.2, 0) is 32.3 Å². The van der Waals surface area contributed by atoms with E-state index in [0.29, 0.717) is 83.9 Å². The van der Waals surface area contributed by atoms with Gasteiger partial charge < -0.3 is 47.0 Å². The van der Waals surface area contributed by atoms with E-state index < -0.39 is 29.4 Å². The Bertz CT molecular complexity index is 2820. The zero-order valence-electron chi connectivity index (χ0n) is 46.4. The number of hydrogen-bond acceptors (Lipinski definition) is 12. The molecule has 19 heteroatoms. The second-order valence-electron chi connectivity index (χ2n) is 22.7. The Hall–Kier alpha value is -6.91. The van der Waals surface area contributed by atoms with Crippen LogP contribution in [0.1, 0.15) is 163 Å². The largest absolute Gasteiger partial charge is 0.382 e. The van der Waals surface area contributed by atoms with Gasteiger partial charge in [-0.05, 0) is 113 Å². The monoisotopic (exact) mass is 1070 g/mol. The topological polar surface area (TPSA) is 236 Å². The van der Waals surface area contributed by atoms with Gasteiger partial charge in [-0.1, -0.05) is 83.7 Å². The first-order chi connectivity index (χ1) is 37.5. The summed E-state index contributed by atoms with van der Waals surface area (Å²) in [4.78, 5) is 79.4. The van der Waals surface area contributed by atoms with Crippen molar-refractivity contribution in [1.29, 1.82) is 5.26 Å². The number of fused-ring (bicyclic) bond motifs is 8. The lowest BCUT2D eigenvalue weighted by Gasteiger charge is -2.36. The molecule has 4 aliphatic rings. The number of carbonyl (C=O) groups is 5. The maximum Gasteiger partial charge on any atom is 0.254 e. The number of nitrogens with two attached hydrogens (primary N) is 1. The molecule has 0 spiro atoms. The van der Waals surface area contributed by atoms with E-state index in [4.69, 9.17) is 10.8 Å². The third-order valence-corrected chi connectivity index (χ3v) is 16.0. The molecule has 2 aromatic heterocycles. The number of carbonyl (C=O) groups excluding carboxylic acids is 5. The summed E-state index contributed by atoms with van der Waals surface area (Å²) < 4.78 is 16.5. The van der Waals surface area contributed by atoms with Gasteiger partial charge in [0.1, 0.15) is 35.5 Å². The van der Waals surface area contributed by atoms with Crippen LogP contribution >= 0.6 is 0 Å². The Labute approximate surface area is 458 Å². The minimum atomic E-state index is -0.835. The van der Waals surface area contributed by atoms with Crippen LogP contribution in [0.5, 0.6) is 0 Å². The van der Waals surface area contributed by atoms with Gasteiger partial charge in [-0.3, -0.25) is 28.7 Å². The van der Waals surface area contributed by atoms with Crippen molar-refractivity contribution in [3.63, 3.8) is 0 Å². The minimum Gasteiger partial charge on any atom is -0.382 e. The minimum absolute atomic E-state index is 0.00910. The number of rotatable bonds is 22. The molecule has 3 fully saturated rings. The summed E-state index contributed by atoms with van der Waals surface area (Å²) in [6.45, 7) is 11.9. The summed E-state index contributed by atoms with van der Waals surface area (Å²) in [5, 5.41) is 31.4. The van der Waals surface area contributed by atoms with Gasteiger partial charge in [0.25, 0.3) is 5.91 Å². The summed E-state index contributed by atoms with van der Waals surface area (Å²) in [5.41, 5.74) is 10.7. The zero-order valence-corrected chi connectivity index (χ0v) is 46.4. The van der Waals surface area contributed by atoms with Gasteiger partial charge in [0.2, 0.25) is 23.6 Å². The van der Waals surface area contributed by atoms with E-state index >= 15 is 0 Å². The molecule has 8 rings (SSSR count). The number of hydrogen-bond donors (Lipinski definition) is 6. The summed E-state index contributed by atoms with van der Waals surface area (Å²) in [5.74, 6) is -1.15. The first-order valence-electron chi connectivity index (χ1n) is 28.3. The number of halogens is 1. The molecular formula is C59H80FN13O5. The first kappa shape index (κ1) is 57.3. The lowest BCUT2D eigenvalue weighted by atomic mass is 9.85. The number of nitrogen functional groups attached to an aromatic ring is 1. The maximum absolute atomic E-state index is 14.9. The van der Waals surface area contributed by atoms with Crippen LogP contribution in [0.3, 0.4) is 0 Å². The maximum atomic E-state index is 14.9. The molecule has 5 amide bonds. The fourth-order valence-corrected chi connectivity index (χ4v) is 11.4. The molecule has 78 heavy (non-hydrogen) atoms. The van der Waals surface area contributed by atoms with E-state index in [1.165, 1.54) is 12.1 Å². The van der Waals surface area contributed by atoms with Crippen LogP contribution < -0.4 is 37.2 Å². The number of likely N-dealkylation sites (N-methyl/N-ethyl adjacent to an activating group) is 1. The van der Waals surface area contributed by atoms with Crippen LogP contribution in [0.25, 0.3) is 11.1 Å². The Morgan fingerprint density at radius 2 is 1.69 bits per heavy atom. The smallest absolute Gasteiger partial charge is 0.254 e. The van der Waals surface area contributed by atoms with E-state index in [0.717, 1.165) is 69.9 Å². The van der Waals surface area contributed by atoms with E-state index in [1.807, 2.05) is 69.0 Å². The van der Waals surface area contributed by atoms with Gasteiger partial charge in [0.05, 0.1) is 42.6 Å². The van der Waals surface area contributed by atoms with Gasteiger partial charge in [-0.25, -0.2) is 9.37 Å². The molecule has 7 N–H and O–H groups in total. The molecular weight excluding hydrogens is 990 g/mol. The first-order valence-corrected chi connectivity index (χ1v) is 28.3. The summed E-state index contributed by atoms with van der Waals surface area (Å²) >= 11 is 0. The number of unbranched alkanes of at least 4 members (excludes halogenated alkanes) is 5. The number of nitriles is 1. The van der Waals surface area contributed by atoms with Crippen LogP contribution in [0.4, 0.5) is 15.9 Å². The van der Waals surface area contributed by atoms with Crippen molar-refractivity contribution in [2.45, 2.75) is 173 Å². The lowest BCUT2D eigenvalue weighted by molar-refractivity contribution is -0.144. The molecule has 5 heterocycles. The van der Waals surface area contributed by atoms with Gasteiger partial charge in [0, 0.05) is 61.0 Å². The average molecular weight is 1070 g/mol. The van der Waals surface area contributed by atoms with Gasteiger partial charge in [0.15, 0.2) is 0 Å². The van der Waals surface area contributed by atoms with E-state index in [9.17, 15) is 33.6 Å². The average Bonchev–Trinajstić information content (AvgIpc) is 3.85. The Kier molecular flexibility index (Phi) is 18.9. The molecule has 18 nitrogen and oxygen atoms in total. The van der Waals surface area contributed by atoms with Crippen molar-refractivity contribution in [2.75, 3.05) is 43.9 Å². The summed E-state index contributed by atoms with van der Waals surface area (Å²) in [6, 6.07) is 15.9. The number of nitrogens with one attached hydrogen (secondary N) is 5. The van der Waals surface area contributed by atoms with Crippen molar-refractivity contribution in [2.24, 2.45) is 5.41 Å². The van der Waals surface area contributed by atoms with Crippen LogP contribution in [-0.4, -0.2) is 118 Å². The number of likely N-dealkylation sites (tertiary alicyclic amines) is 1. The SMILES string of the molecule is CC[C@H](NC(=O)[C@H]1C[C@@H](NCCCCCCCCC(=O)NCCn2nc3c(c2C#N)-c2cnc(N)c(c2)N2CCC[C@@H]2c2cc(F)ccc2C(=O)N(C2CC2)C3)CN1C(=O)[C@H](NC(=O)[C@@H](C)NC)C(C)(C)C)c1ccccc1. The van der Waals surface area contributed by atoms with E-state index in [-0.39, 0.29) is 73.3 Å². The number of pyridine rings is 1. The van der Waals surface area contributed by atoms with Crippen molar-refractivity contribution >= 4 is 41.0 Å². The molecule has 418 valence electrons. The summed E-state index contributed by atoms with van der Waals surface area (Å²) in [7, 11) is 1.70. The second-order valence-corrected chi connectivity index (χ2v) is 22.7. The molecule has 0 radical (unpaired) electrons. The lowest BCUT2D eigenvalue weighted by Crippen LogP contribution is -2.59. The van der Waals surface area contributed by atoms with E-state index in [1.54, 1.807) is 35.8 Å². The number of amides is 5. The molecule has 2 aromatic carbocycles. The Morgan fingerprint density at radius 1 is 0.949 bits per heavy atom. The van der Waals surface area contributed by atoms with Crippen molar-refractivity contribution in [1.82, 2.24) is 51.1 Å². The van der Waals surface area contributed by atoms with Crippen molar-refractivity contribution < 1.29 is 28.4 Å². The number of nitrogens with zero attached hydrogens (tertiary/aromatic N) is 7. The number of aromatic nitrogens is 3. The standard InChI is InChI=1S/C59H80FN13O5/c1-7-45(38-18-13-12-14-19-38)67-56(76)49-32-41(35-72(49)58(78)53(59(3,4)5)68-55(75)37(2)63-6)64-26-16-11-9-8-10-15-21-51(74)65-27-29-73-50(33-61)52-39-30-48(54(62)66-34-39)70-28-17-20-47(70)44-31-40(60)22-25-43(44)57(77)71(42-23-24-42)36-46(52)69-73/h12-14,18-19,22,25,30-31,34,37,41-42,45,47,49,53,63-64H,7-11,15-17,20-21,23-24,26-29,32,35-36H2,1-6H3,(H2,62,66)(H,65,74)(H,67,76)(H,68,75)/t37-,41-,45+,47-,49-,53+/m1/s1. The highest BCUT2D eigenvalue weighted by Crippen LogP contribution is 2.44. The Balaban J connectivity index is 0.817. The van der Waals surface area contributed by atoms with Gasteiger partial charge in [-0.2, -0.15) is 10.4 Å². The predicted octanol–water partition coefficient (Wildman–Crippen LogP) is 6.81. The fourth-order valence-electron chi connectivity index (χ4n) is 11.4. The quantitative estimate of drug-likeness (QED) is 0.0446. The molecule has 0 unspecified atom stereocenters. The van der Waals surface area contributed by atoms with Crippen molar-refractivity contribution in [3.05, 3.63) is 94.7 Å². The van der Waals surface area contributed by atoms with Crippen LogP contribution in [0.15, 0.2) is 60.8 Å².